The van der Waals surface area contributed by atoms with Crippen LogP contribution >= 0.6 is 0 Å². The second kappa shape index (κ2) is 6.61. The number of carbonyl (C=O) groups is 1. The van der Waals surface area contributed by atoms with E-state index in [-0.39, 0.29) is 0 Å². The van der Waals surface area contributed by atoms with E-state index in [0.717, 1.165) is 25.9 Å². The molecule has 21 heavy (non-hydrogen) atoms. The normalized spacial score (nSPS) is 18.1. The van der Waals surface area contributed by atoms with Crippen LogP contribution in [0.5, 0.6) is 0 Å². The van der Waals surface area contributed by atoms with E-state index in [4.69, 9.17) is 0 Å². The minimum Gasteiger partial charge on any atom is -0.341 e. The van der Waals surface area contributed by atoms with E-state index in [9.17, 15) is 4.79 Å². The molecule has 0 spiro atoms. The second-order valence-electron chi connectivity index (χ2n) is 6.53. The number of aryl methyl sites for hydroxylation is 3. The van der Waals surface area contributed by atoms with Gasteiger partial charge in [-0.3, -0.25) is 4.79 Å². The van der Waals surface area contributed by atoms with Gasteiger partial charge < -0.3 is 10.2 Å². The molecule has 1 aromatic carbocycles. The summed E-state index contributed by atoms with van der Waals surface area (Å²) in [5, 5.41) is 3.64. The maximum atomic E-state index is 11.7. The van der Waals surface area contributed by atoms with E-state index in [1.54, 1.807) is 0 Å². The van der Waals surface area contributed by atoms with E-state index < -0.39 is 0 Å². The Morgan fingerprint density at radius 3 is 2.43 bits per heavy atom. The topological polar surface area (TPSA) is 32.3 Å². The summed E-state index contributed by atoms with van der Waals surface area (Å²) >= 11 is 0. The summed E-state index contributed by atoms with van der Waals surface area (Å²) in [4.78, 5) is 13.7. The number of rotatable bonds is 5. The Morgan fingerprint density at radius 2 is 1.81 bits per heavy atom. The Bertz CT molecular complexity index is 524. The fraction of sp³-hybridized carbons (Fsp3) is 0.611. The number of likely N-dealkylation sites (tertiary alicyclic amines) is 1. The number of benzene rings is 1. The molecule has 1 amide bonds. The summed E-state index contributed by atoms with van der Waals surface area (Å²) in [6.45, 7) is 12.6. The molecule has 0 saturated carbocycles. The van der Waals surface area contributed by atoms with Crippen molar-refractivity contribution < 1.29 is 4.79 Å². The first kappa shape index (κ1) is 16.0. The highest BCUT2D eigenvalue weighted by molar-refractivity contribution is 5.78. The molecule has 2 unspecified atom stereocenters. The Labute approximate surface area is 128 Å². The predicted molar refractivity (Wildman–Crippen MR) is 87.5 cm³/mol. The Balaban J connectivity index is 1.99. The summed E-state index contributed by atoms with van der Waals surface area (Å²) in [6, 6.07) is 5.16. The molecule has 2 atom stereocenters. The van der Waals surface area contributed by atoms with Gasteiger partial charge in [-0.2, -0.15) is 0 Å². The minimum absolute atomic E-state index is 0.303. The molecule has 1 aliphatic rings. The standard InChI is InChI=1S/C18H28N2O/c1-12-9-14(3)17(10-13(12)2)16(5)19-15(4)11-20-8-6-7-18(20)21/h9-10,15-16,19H,6-8,11H2,1-5H3. The van der Waals surface area contributed by atoms with E-state index in [1.807, 2.05) is 4.90 Å². The molecule has 3 nitrogen and oxygen atoms in total. The molecule has 0 bridgehead atoms. The molecule has 3 heteroatoms. The molecule has 0 aromatic heterocycles. The first-order valence-electron chi connectivity index (χ1n) is 8.00. The molecule has 2 rings (SSSR count). The van der Waals surface area contributed by atoms with Gasteiger partial charge >= 0.3 is 0 Å². The van der Waals surface area contributed by atoms with Crippen molar-refractivity contribution in [2.75, 3.05) is 13.1 Å². The molecule has 1 aliphatic heterocycles. The maximum Gasteiger partial charge on any atom is 0.222 e. The molecule has 0 aliphatic carbocycles. The molecule has 0 radical (unpaired) electrons. The van der Waals surface area contributed by atoms with Gasteiger partial charge in [-0.15, -0.1) is 0 Å². The largest absolute Gasteiger partial charge is 0.341 e. The summed E-state index contributed by atoms with van der Waals surface area (Å²) in [5.41, 5.74) is 5.38. The summed E-state index contributed by atoms with van der Waals surface area (Å²) in [5.74, 6) is 0.304. The number of amides is 1. The van der Waals surface area contributed by atoms with Crippen molar-refractivity contribution in [1.82, 2.24) is 10.2 Å². The van der Waals surface area contributed by atoms with Crippen LogP contribution in [-0.2, 0) is 4.79 Å². The van der Waals surface area contributed by atoms with Crippen molar-refractivity contribution in [3.05, 3.63) is 34.4 Å². The van der Waals surface area contributed by atoms with Crippen LogP contribution in [0.2, 0.25) is 0 Å². The summed E-state index contributed by atoms with van der Waals surface area (Å²) in [6.07, 6.45) is 1.73. The lowest BCUT2D eigenvalue weighted by atomic mass is 9.96. The molecule has 1 saturated heterocycles. The second-order valence-corrected chi connectivity index (χ2v) is 6.53. The van der Waals surface area contributed by atoms with E-state index in [2.05, 4.69) is 52.1 Å². The van der Waals surface area contributed by atoms with Crippen molar-refractivity contribution in [3.63, 3.8) is 0 Å². The average molecular weight is 288 g/mol. The van der Waals surface area contributed by atoms with Gasteiger partial charge in [-0.1, -0.05) is 12.1 Å². The highest BCUT2D eigenvalue weighted by Crippen LogP contribution is 2.22. The number of carbonyl (C=O) groups excluding carboxylic acids is 1. The minimum atomic E-state index is 0.303. The van der Waals surface area contributed by atoms with Gasteiger partial charge in [0.05, 0.1) is 0 Å². The van der Waals surface area contributed by atoms with Gasteiger partial charge in [0.1, 0.15) is 0 Å². The lowest BCUT2D eigenvalue weighted by molar-refractivity contribution is -0.127. The van der Waals surface area contributed by atoms with Gasteiger partial charge in [0.25, 0.3) is 0 Å². The third kappa shape index (κ3) is 3.85. The Morgan fingerprint density at radius 1 is 1.14 bits per heavy atom. The lowest BCUT2D eigenvalue weighted by Crippen LogP contribution is -2.40. The van der Waals surface area contributed by atoms with Crippen LogP contribution in [0.15, 0.2) is 12.1 Å². The quantitative estimate of drug-likeness (QED) is 0.902. The smallest absolute Gasteiger partial charge is 0.222 e. The molecular formula is C18H28N2O. The fourth-order valence-corrected chi connectivity index (χ4v) is 3.25. The third-order valence-electron chi connectivity index (χ3n) is 4.55. The predicted octanol–water partition coefficient (Wildman–Crippen LogP) is 3.27. The SMILES string of the molecule is Cc1cc(C)c(C(C)NC(C)CN2CCCC2=O)cc1C. The van der Waals surface area contributed by atoms with Crippen molar-refractivity contribution in [2.24, 2.45) is 0 Å². The third-order valence-corrected chi connectivity index (χ3v) is 4.55. The summed E-state index contributed by atoms with van der Waals surface area (Å²) < 4.78 is 0. The van der Waals surface area contributed by atoms with Gasteiger partial charge in [-0.25, -0.2) is 0 Å². The van der Waals surface area contributed by atoms with Gasteiger partial charge in [0.2, 0.25) is 5.91 Å². The van der Waals surface area contributed by atoms with E-state index >= 15 is 0 Å². The lowest BCUT2D eigenvalue weighted by Gasteiger charge is -2.26. The molecule has 1 aromatic rings. The van der Waals surface area contributed by atoms with Crippen molar-refractivity contribution in [2.45, 2.75) is 59.5 Å². The van der Waals surface area contributed by atoms with Crippen LogP contribution in [0.1, 0.15) is 55.0 Å². The average Bonchev–Trinajstić information content (AvgIpc) is 2.79. The highest BCUT2D eigenvalue weighted by Gasteiger charge is 2.22. The number of nitrogens with one attached hydrogen (secondary N) is 1. The fourth-order valence-electron chi connectivity index (χ4n) is 3.25. The van der Waals surface area contributed by atoms with Crippen LogP contribution in [-0.4, -0.2) is 29.9 Å². The van der Waals surface area contributed by atoms with Gasteiger partial charge in [0, 0.05) is 31.6 Å². The number of hydrogen-bond donors (Lipinski definition) is 1. The zero-order chi connectivity index (χ0) is 15.6. The maximum absolute atomic E-state index is 11.7. The Hall–Kier alpha value is -1.35. The molecule has 116 valence electrons. The molecular weight excluding hydrogens is 260 g/mol. The zero-order valence-corrected chi connectivity index (χ0v) is 14.0. The van der Waals surface area contributed by atoms with Gasteiger partial charge in [-0.05, 0) is 63.3 Å². The van der Waals surface area contributed by atoms with Crippen molar-refractivity contribution >= 4 is 5.91 Å². The van der Waals surface area contributed by atoms with Crippen molar-refractivity contribution in [1.29, 1.82) is 0 Å². The first-order valence-corrected chi connectivity index (χ1v) is 8.00. The molecule has 1 fully saturated rings. The zero-order valence-electron chi connectivity index (χ0n) is 14.0. The van der Waals surface area contributed by atoms with Crippen LogP contribution in [0.3, 0.4) is 0 Å². The van der Waals surface area contributed by atoms with Crippen LogP contribution in [0.4, 0.5) is 0 Å². The molecule has 1 N–H and O–H groups in total. The van der Waals surface area contributed by atoms with E-state index in [0.29, 0.717) is 18.0 Å². The summed E-state index contributed by atoms with van der Waals surface area (Å²) in [7, 11) is 0. The monoisotopic (exact) mass is 288 g/mol. The number of hydrogen-bond acceptors (Lipinski definition) is 2. The Kier molecular flexibility index (Phi) is 5.04. The van der Waals surface area contributed by atoms with Crippen LogP contribution < -0.4 is 5.32 Å². The van der Waals surface area contributed by atoms with Crippen LogP contribution in [0, 0.1) is 20.8 Å². The first-order chi connectivity index (χ1) is 9.88. The van der Waals surface area contributed by atoms with Crippen molar-refractivity contribution in [3.8, 4) is 0 Å². The van der Waals surface area contributed by atoms with E-state index in [1.165, 1.54) is 22.3 Å². The number of nitrogens with zero attached hydrogens (tertiary/aromatic N) is 1. The highest BCUT2D eigenvalue weighted by atomic mass is 16.2. The molecule has 1 heterocycles. The van der Waals surface area contributed by atoms with Crippen LogP contribution in [0.25, 0.3) is 0 Å². The van der Waals surface area contributed by atoms with Gasteiger partial charge in [0.15, 0.2) is 0 Å².